The van der Waals surface area contributed by atoms with Crippen LogP contribution < -0.4 is 5.32 Å². The van der Waals surface area contributed by atoms with Crippen molar-refractivity contribution in [2.45, 2.75) is 25.8 Å². The van der Waals surface area contributed by atoms with E-state index in [1.807, 2.05) is 50.2 Å². The standard InChI is InChI=1S/C15H24N2O2/c1-12-6-8-13(9-7-12)14(17(2)3)15(19)16-10-4-5-11-18/h6-9,14,18H,4-5,10-11H2,1-3H3,(H,16,19). The van der Waals surface area contributed by atoms with Gasteiger partial charge in [0, 0.05) is 13.2 Å². The molecule has 1 rings (SSSR count). The summed E-state index contributed by atoms with van der Waals surface area (Å²) in [4.78, 5) is 14.1. The summed E-state index contributed by atoms with van der Waals surface area (Å²) in [6.07, 6.45) is 1.52. The van der Waals surface area contributed by atoms with Crippen LogP contribution >= 0.6 is 0 Å². The molecule has 0 spiro atoms. The second-order valence-corrected chi connectivity index (χ2v) is 5.00. The smallest absolute Gasteiger partial charge is 0.241 e. The number of hydrogen-bond donors (Lipinski definition) is 2. The van der Waals surface area contributed by atoms with Crippen molar-refractivity contribution in [3.8, 4) is 0 Å². The minimum Gasteiger partial charge on any atom is -0.396 e. The number of aryl methyl sites for hydroxylation is 1. The summed E-state index contributed by atoms with van der Waals surface area (Å²) in [7, 11) is 3.80. The molecule has 1 aromatic carbocycles. The van der Waals surface area contributed by atoms with Crippen LogP contribution in [0.2, 0.25) is 0 Å². The fourth-order valence-corrected chi connectivity index (χ4v) is 1.98. The Balaban J connectivity index is 2.66. The highest BCUT2D eigenvalue weighted by Gasteiger charge is 2.22. The third-order valence-corrected chi connectivity index (χ3v) is 3.04. The van der Waals surface area contributed by atoms with Crippen LogP contribution in [0.1, 0.15) is 30.0 Å². The number of unbranched alkanes of at least 4 members (excludes halogenated alkanes) is 1. The Hall–Kier alpha value is -1.39. The maximum Gasteiger partial charge on any atom is 0.241 e. The van der Waals surface area contributed by atoms with Crippen molar-refractivity contribution in [3.05, 3.63) is 35.4 Å². The maximum atomic E-state index is 12.2. The maximum absolute atomic E-state index is 12.2. The van der Waals surface area contributed by atoms with Gasteiger partial charge in [-0.25, -0.2) is 0 Å². The third-order valence-electron chi connectivity index (χ3n) is 3.04. The molecule has 0 bridgehead atoms. The van der Waals surface area contributed by atoms with Crippen LogP contribution in [0, 0.1) is 6.92 Å². The van der Waals surface area contributed by atoms with Crippen molar-refractivity contribution in [3.63, 3.8) is 0 Å². The number of carbonyl (C=O) groups excluding carboxylic acids is 1. The van der Waals surface area contributed by atoms with E-state index in [0.29, 0.717) is 6.54 Å². The summed E-state index contributed by atoms with van der Waals surface area (Å²) in [5.41, 5.74) is 2.18. The van der Waals surface area contributed by atoms with Gasteiger partial charge in [-0.15, -0.1) is 0 Å². The van der Waals surface area contributed by atoms with Gasteiger partial charge >= 0.3 is 0 Å². The summed E-state index contributed by atoms with van der Waals surface area (Å²) in [6, 6.07) is 7.76. The lowest BCUT2D eigenvalue weighted by atomic mass is 10.0. The van der Waals surface area contributed by atoms with Gasteiger partial charge in [-0.1, -0.05) is 29.8 Å². The number of benzene rings is 1. The molecule has 0 heterocycles. The number of likely N-dealkylation sites (N-methyl/N-ethyl adjacent to an activating group) is 1. The fourth-order valence-electron chi connectivity index (χ4n) is 1.98. The zero-order chi connectivity index (χ0) is 14.3. The minimum absolute atomic E-state index is 0.00629. The van der Waals surface area contributed by atoms with Gasteiger partial charge in [0.15, 0.2) is 0 Å². The van der Waals surface area contributed by atoms with Gasteiger partial charge in [-0.05, 0) is 39.4 Å². The zero-order valence-corrected chi connectivity index (χ0v) is 12.0. The Morgan fingerprint density at radius 2 is 1.89 bits per heavy atom. The number of hydrogen-bond acceptors (Lipinski definition) is 3. The largest absolute Gasteiger partial charge is 0.396 e. The Morgan fingerprint density at radius 1 is 1.26 bits per heavy atom. The van der Waals surface area contributed by atoms with Crippen molar-refractivity contribution >= 4 is 5.91 Å². The number of nitrogens with zero attached hydrogens (tertiary/aromatic N) is 1. The second-order valence-electron chi connectivity index (χ2n) is 5.00. The molecule has 0 radical (unpaired) electrons. The number of aliphatic hydroxyl groups is 1. The molecule has 0 aliphatic heterocycles. The van der Waals surface area contributed by atoms with E-state index in [4.69, 9.17) is 5.11 Å². The van der Waals surface area contributed by atoms with Crippen LogP contribution in [-0.4, -0.2) is 43.2 Å². The molecule has 106 valence electrons. The highest BCUT2D eigenvalue weighted by atomic mass is 16.2. The molecule has 1 unspecified atom stereocenters. The average Bonchev–Trinajstić information content (AvgIpc) is 2.37. The Bertz CT molecular complexity index is 388. The molecule has 2 N–H and O–H groups in total. The molecule has 0 aliphatic rings. The number of amides is 1. The molecule has 0 saturated carbocycles. The average molecular weight is 264 g/mol. The first kappa shape index (κ1) is 15.7. The molecule has 1 atom stereocenters. The first-order valence-corrected chi connectivity index (χ1v) is 6.68. The van der Waals surface area contributed by atoms with Gasteiger partial charge < -0.3 is 10.4 Å². The lowest BCUT2D eigenvalue weighted by Crippen LogP contribution is -2.37. The number of nitrogens with one attached hydrogen (secondary N) is 1. The van der Waals surface area contributed by atoms with Gasteiger partial charge in [0.2, 0.25) is 5.91 Å². The van der Waals surface area contributed by atoms with Crippen LogP contribution in [0.25, 0.3) is 0 Å². The normalized spacial score (nSPS) is 12.5. The molecule has 4 nitrogen and oxygen atoms in total. The van der Waals surface area contributed by atoms with E-state index in [1.54, 1.807) is 0 Å². The lowest BCUT2D eigenvalue weighted by Gasteiger charge is -2.24. The van der Waals surface area contributed by atoms with Gasteiger partial charge in [0.1, 0.15) is 6.04 Å². The molecular formula is C15H24N2O2. The predicted octanol–water partition coefficient (Wildman–Crippen LogP) is 1.49. The molecule has 1 aromatic rings. The number of aliphatic hydroxyl groups excluding tert-OH is 1. The zero-order valence-electron chi connectivity index (χ0n) is 12.0. The van der Waals surface area contributed by atoms with Gasteiger partial charge in [-0.3, -0.25) is 9.69 Å². The van der Waals surface area contributed by atoms with Gasteiger partial charge in [0.05, 0.1) is 0 Å². The van der Waals surface area contributed by atoms with Crippen LogP contribution in [0.3, 0.4) is 0 Å². The second kappa shape index (κ2) is 7.92. The van der Waals surface area contributed by atoms with E-state index in [1.165, 1.54) is 5.56 Å². The summed E-state index contributed by atoms with van der Waals surface area (Å²) >= 11 is 0. The fraction of sp³-hybridized carbons (Fsp3) is 0.533. The molecule has 19 heavy (non-hydrogen) atoms. The predicted molar refractivity (Wildman–Crippen MR) is 76.9 cm³/mol. The topological polar surface area (TPSA) is 52.6 Å². The monoisotopic (exact) mass is 264 g/mol. The van der Waals surface area contributed by atoms with E-state index in [9.17, 15) is 4.79 Å². The van der Waals surface area contributed by atoms with Crippen LogP contribution in [0.4, 0.5) is 0 Å². The molecule has 1 amide bonds. The Labute approximate surface area is 115 Å². The molecule has 0 fully saturated rings. The van der Waals surface area contributed by atoms with Crippen LogP contribution in [-0.2, 0) is 4.79 Å². The molecule has 0 aromatic heterocycles. The lowest BCUT2D eigenvalue weighted by molar-refractivity contribution is -0.125. The first-order valence-electron chi connectivity index (χ1n) is 6.68. The summed E-state index contributed by atoms with van der Waals surface area (Å²) in [6.45, 7) is 2.81. The summed E-state index contributed by atoms with van der Waals surface area (Å²) < 4.78 is 0. The van der Waals surface area contributed by atoms with Crippen molar-refractivity contribution in [1.82, 2.24) is 10.2 Å². The van der Waals surface area contributed by atoms with Crippen LogP contribution in [0.5, 0.6) is 0 Å². The van der Waals surface area contributed by atoms with E-state index in [-0.39, 0.29) is 18.6 Å². The third kappa shape index (κ3) is 5.01. The number of carbonyl (C=O) groups is 1. The highest BCUT2D eigenvalue weighted by molar-refractivity contribution is 5.83. The van der Waals surface area contributed by atoms with Crippen molar-refractivity contribution in [2.75, 3.05) is 27.2 Å². The summed E-state index contributed by atoms with van der Waals surface area (Å²) in [5, 5.41) is 11.6. The minimum atomic E-state index is -0.269. The number of rotatable bonds is 7. The van der Waals surface area contributed by atoms with Crippen molar-refractivity contribution in [1.29, 1.82) is 0 Å². The van der Waals surface area contributed by atoms with E-state index >= 15 is 0 Å². The van der Waals surface area contributed by atoms with Gasteiger partial charge in [-0.2, -0.15) is 0 Å². The van der Waals surface area contributed by atoms with E-state index < -0.39 is 0 Å². The van der Waals surface area contributed by atoms with Crippen molar-refractivity contribution < 1.29 is 9.90 Å². The Morgan fingerprint density at radius 3 is 2.42 bits per heavy atom. The van der Waals surface area contributed by atoms with Gasteiger partial charge in [0.25, 0.3) is 0 Å². The molecule has 4 heteroatoms. The molecular weight excluding hydrogens is 240 g/mol. The van der Waals surface area contributed by atoms with E-state index in [0.717, 1.165) is 18.4 Å². The van der Waals surface area contributed by atoms with Crippen molar-refractivity contribution in [2.24, 2.45) is 0 Å². The molecule has 0 aliphatic carbocycles. The Kier molecular flexibility index (Phi) is 6.53. The highest BCUT2D eigenvalue weighted by Crippen LogP contribution is 2.18. The van der Waals surface area contributed by atoms with E-state index in [2.05, 4.69) is 5.32 Å². The van der Waals surface area contributed by atoms with Crippen LogP contribution in [0.15, 0.2) is 24.3 Å². The summed E-state index contributed by atoms with van der Waals surface area (Å²) in [5.74, 6) is 0.00629. The SMILES string of the molecule is Cc1ccc(C(C(=O)NCCCCO)N(C)C)cc1. The quantitative estimate of drug-likeness (QED) is 0.734. The first-order chi connectivity index (χ1) is 9.06. The molecule has 0 saturated heterocycles.